The van der Waals surface area contributed by atoms with Gasteiger partial charge in [0.25, 0.3) is 0 Å². The molecule has 2 aliphatic rings. The molecule has 2 fully saturated rings. The molecular weight excluding hydrogens is 230 g/mol. The SMILES string of the molecule is NCc1ccc(C(=O)C2CCOC3(CCC3)C2)o1. The van der Waals surface area contributed by atoms with E-state index in [-0.39, 0.29) is 17.3 Å². The molecule has 1 unspecified atom stereocenters. The second-order valence-corrected chi connectivity index (χ2v) is 5.41. The second kappa shape index (κ2) is 4.52. The minimum Gasteiger partial charge on any atom is -0.457 e. The van der Waals surface area contributed by atoms with Gasteiger partial charge in [0.15, 0.2) is 5.76 Å². The minimum atomic E-state index is 0.00185. The van der Waals surface area contributed by atoms with Gasteiger partial charge in [0, 0.05) is 12.5 Å². The summed E-state index contributed by atoms with van der Waals surface area (Å²) in [6.07, 6.45) is 5.08. The van der Waals surface area contributed by atoms with E-state index in [2.05, 4.69) is 0 Å². The fourth-order valence-electron chi connectivity index (χ4n) is 2.99. The Morgan fingerprint density at radius 3 is 2.89 bits per heavy atom. The molecule has 0 radical (unpaired) electrons. The number of rotatable bonds is 3. The van der Waals surface area contributed by atoms with Crippen LogP contribution in [-0.2, 0) is 11.3 Å². The van der Waals surface area contributed by atoms with Gasteiger partial charge >= 0.3 is 0 Å². The zero-order chi connectivity index (χ0) is 12.6. The lowest BCUT2D eigenvalue weighted by Gasteiger charge is -2.46. The summed E-state index contributed by atoms with van der Waals surface area (Å²) in [5, 5.41) is 0. The molecule has 1 aromatic heterocycles. The van der Waals surface area contributed by atoms with Gasteiger partial charge in [0.1, 0.15) is 5.76 Å². The van der Waals surface area contributed by atoms with E-state index in [1.54, 1.807) is 12.1 Å². The molecule has 98 valence electrons. The maximum atomic E-state index is 12.4. The number of Topliss-reactive ketones (excluding diaryl/α,β-unsaturated/α-hetero) is 1. The number of furan rings is 1. The number of hydrogen-bond acceptors (Lipinski definition) is 4. The lowest BCUT2D eigenvalue weighted by atomic mass is 9.71. The van der Waals surface area contributed by atoms with Gasteiger partial charge in [-0.2, -0.15) is 0 Å². The average Bonchev–Trinajstić information content (AvgIpc) is 2.85. The molecule has 0 amide bonds. The molecule has 4 nitrogen and oxygen atoms in total. The Bertz CT molecular complexity index is 448. The first-order chi connectivity index (χ1) is 8.72. The van der Waals surface area contributed by atoms with Crippen LogP contribution in [0.5, 0.6) is 0 Å². The highest BCUT2D eigenvalue weighted by Gasteiger charge is 2.44. The Morgan fingerprint density at radius 2 is 2.28 bits per heavy atom. The first kappa shape index (κ1) is 11.9. The van der Waals surface area contributed by atoms with Crippen molar-refractivity contribution in [2.75, 3.05) is 6.61 Å². The normalized spacial score (nSPS) is 25.9. The van der Waals surface area contributed by atoms with E-state index < -0.39 is 0 Å². The molecule has 18 heavy (non-hydrogen) atoms. The van der Waals surface area contributed by atoms with Crippen molar-refractivity contribution in [2.24, 2.45) is 11.7 Å². The molecule has 0 bridgehead atoms. The second-order valence-electron chi connectivity index (χ2n) is 5.41. The van der Waals surface area contributed by atoms with Gasteiger partial charge in [0.05, 0.1) is 12.1 Å². The van der Waals surface area contributed by atoms with Gasteiger partial charge in [0.2, 0.25) is 5.78 Å². The van der Waals surface area contributed by atoms with Crippen LogP contribution in [0.3, 0.4) is 0 Å². The molecule has 1 saturated heterocycles. The number of nitrogens with two attached hydrogens (primary N) is 1. The minimum absolute atomic E-state index is 0.00185. The largest absolute Gasteiger partial charge is 0.457 e. The summed E-state index contributed by atoms with van der Waals surface area (Å²) in [5.41, 5.74) is 5.49. The fraction of sp³-hybridized carbons (Fsp3) is 0.643. The monoisotopic (exact) mass is 249 g/mol. The molecular formula is C14H19NO3. The van der Waals surface area contributed by atoms with E-state index in [9.17, 15) is 4.79 Å². The maximum Gasteiger partial charge on any atom is 0.201 e. The Balaban J connectivity index is 1.71. The molecule has 1 spiro atoms. The summed E-state index contributed by atoms with van der Waals surface area (Å²) >= 11 is 0. The summed E-state index contributed by atoms with van der Waals surface area (Å²) in [5.74, 6) is 1.29. The fourth-order valence-corrected chi connectivity index (χ4v) is 2.99. The topological polar surface area (TPSA) is 65.5 Å². The van der Waals surface area contributed by atoms with E-state index in [1.807, 2.05) is 0 Å². The van der Waals surface area contributed by atoms with E-state index in [0.717, 1.165) is 25.7 Å². The Morgan fingerprint density at radius 1 is 1.44 bits per heavy atom. The first-order valence-electron chi connectivity index (χ1n) is 6.69. The number of carbonyl (C=O) groups is 1. The molecule has 1 saturated carbocycles. The van der Waals surface area contributed by atoms with E-state index >= 15 is 0 Å². The maximum absolute atomic E-state index is 12.4. The van der Waals surface area contributed by atoms with Crippen molar-refractivity contribution in [1.82, 2.24) is 0 Å². The van der Waals surface area contributed by atoms with Crippen molar-refractivity contribution in [3.63, 3.8) is 0 Å². The number of ketones is 1. The lowest BCUT2D eigenvalue weighted by molar-refractivity contribution is -0.137. The quantitative estimate of drug-likeness (QED) is 0.834. The highest BCUT2D eigenvalue weighted by molar-refractivity contribution is 5.95. The molecule has 1 atom stereocenters. The van der Waals surface area contributed by atoms with Gasteiger partial charge in [-0.25, -0.2) is 0 Å². The van der Waals surface area contributed by atoms with Crippen molar-refractivity contribution >= 4 is 5.78 Å². The third-order valence-electron chi connectivity index (χ3n) is 4.23. The summed E-state index contributed by atoms with van der Waals surface area (Å²) < 4.78 is 11.3. The molecule has 2 heterocycles. The molecule has 4 heteroatoms. The van der Waals surface area contributed by atoms with Crippen LogP contribution < -0.4 is 5.73 Å². The summed E-state index contributed by atoms with van der Waals surface area (Å²) in [7, 11) is 0. The number of ether oxygens (including phenoxy) is 1. The van der Waals surface area contributed by atoms with Gasteiger partial charge in [-0.15, -0.1) is 0 Å². The Hall–Kier alpha value is -1.13. The van der Waals surface area contributed by atoms with Crippen molar-refractivity contribution in [3.8, 4) is 0 Å². The molecule has 3 rings (SSSR count). The number of hydrogen-bond donors (Lipinski definition) is 1. The van der Waals surface area contributed by atoms with Crippen LogP contribution in [0.1, 0.15) is 48.4 Å². The first-order valence-corrected chi connectivity index (χ1v) is 6.69. The Labute approximate surface area is 106 Å². The van der Waals surface area contributed by atoms with Crippen LogP contribution in [0.15, 0.2) is 16.5 Å². The van der Waals surface area contributed by atoms with Gasteiger partial charge in [-0.3, -0.25) is 4.79 Å². The summed E-state index contributed by atoms with van der Waals surface area (Å²) in [4.78, 5) is 12.4. The Kier molecular flexibility index (Phi) is 2.99. The number of carbonyl (C=O) groups excluding carboxylic acids is 1. The molecule has 1 aliphatic carbocycles. The zero-order valence-corrected chi connectivity index (χ0v) is 10.5. The lowest BCUT2D eigenvalue weighted by Crippen LogP contribution is -2.47. The van der Waals surface area contributed by atoms with Crippen LogP contribution in [0.4, 0.5) is 0 Å². The molecule has 1 aromatic rings. The van der Waals surface area contributed by atoms with E-state index in [0.29, 0.717) is 24.7 Å². The average molecular weight is 249 g/mol. The van der Waals surface area contributed by atoms with Crippen LogP contribution >= 0.6 is 0 Å². The summed E-state index contributed by atoms with van der Waals surface area (Å²) in [6, 6.07) is 3.53. The van der Waals surface area contributed by atoms with Crippen molar-refractivity contribution in [1.29, 1.82) is 0 Å². The predicted octanol–water partition coefficient (Wildman–Crippen LogP) is 2.27. The van der Waals surface area contributed by atoms with Crippen molar-refractivity contribution in [2.45, 2.75) is 44.2 Å². The molecule has 2 N–H and O–H groups in total. The zero-order valence-electron chi connectivity index (χ0n) is 10.5. The van der Waals surface area contributed by atoms with Crippen molar-refractivity contribution in [3.05, 3.63) is 23.7 Å². The smallest absolute Gasteiger partial charge is 0.201 e. The predicted molar refractivity (Wildman–Crippen MR) is 66.2 cm³/mol. The van der Waals surface area contributed by atoms with Gasteiger partial charge in [-0.1, -0.05) is 0 Å². The van der Waals surface area contributed by atoms with Crippen LogP contribution in [0.2, 0.25) is 0 Å². The van der Waals surface area contributed by atoms with Gasteiger partial charge < -0.3 is 14.9 Å². The van der Waals surface area contributed by atoms with Crippen LogP contribution in [-0.4, -0.2) is 18.0 Å². The molecule has 0 aromatic carbocycles. The van der Waals surface area contributed by atoms with Crippen molar-refractivity contribution < 1.29 is 13.9 Å². The van der Waals surface area contributed by atoms with E-state index in [4.69, 9.17) is 14.9 Å². The highest BCUT2D eigenvalue weighted by Crippen LogP contribution is 2.44. The van der Waals surface area contributed by atoms with Gasteiger partial charge in [-0.05, 0) is 44.2 Å². The van der Waals surface area contributed by atoms with Crippen LogP contribution in [0.25, 0.3) is 0 Å². The molecule has 1 aliphatic heterocycles. The third kappa shape index (κ3) is 1.99. The standard InChI is InChI=1S/C14H19NO3/c15-9-11-2-3-12(18-11)13(16)10-4-7-17-14(8-10)5-1-6-14/h2-3,10H,1,4-9,15H2. The van der Waals surface area contributed by atoms with E-state index in [1.165, 1.54) is 6.42 Å². The highest BCUT2D eigenvalue weighted by atomic mass is 16.5. The summed E-state index contributed by atoms with van der Waals surface area (Å²) in [6.45, 7) is 1.03. The van der Waals surface area contributed by atoms with Crippen LogP contribution in [0, 0.1) is 5.92 Å². The third-order valence-corrected chi connectivity index (χ3v) is 4.23.